The van der Waals surface area contributed by atoms with Gasteiger partial charge in [-0.25, -0.2) is 4.79 Å². The average molecular weight is 262 g/mol. The Hall–Kier alpha value is -1.61. The van der Waals surface area contributed by atoms with Crippen molar-refractivity contribution in [3.8, 4) is 0 Å². The molecule has 0 bridgehead atoms. The lowest BCUT2D eigenvalue weighted by atomic mass is 10.0. The molecule has 0 fully saturated rings. The first-order chi connectivity index (χ1) is 9.04. The Morgan fingerprint density at radius 3 is 2.47 bits per heavy atom. The minimum atomic E-state index is -0.366. The number of aryl methyl sites for hydroxylation is 1. The number of carbonyl (C=O) groups is 1. The van der Waals surface area contributed by atoms with Crippen LogP contribution in [0.15, 0.2) is 42.5 Å². The topological polar surface area (TPSA) is 35.5 Å². The van der Waals surface area contributed by atoms with E-state index in [1.807, 2.05) is 25.1 Å². The lowest BCUT2D eigenvalue weighted by molar-refractivity contribution is -0.150. The molecular formula is C16H22O3. The molecule has 0 aliphatic heterocycles. The highest BCUT2D eigenvalue weighted by Gasteiger charge is 2.20. The van der Waals surface area contributed by atoms with Crippen LogP contribution in [0.4, 0.5) is 0 Å². The van der Waals surface area contributed by atoms with Crippen LogP contribution in [0, 0.1) is 0 Å². The van der Waals surface area contributed by atoms with E-state index < -0.39 is 0 Å². The van der Waals surface area contributed by atoms with Crippen LogP contribution in [0.3, 0.4) is 0 Å². The molecule has 1 rings (SSSR count). The van der Waals surface area contributed by atoms with Crippen molar-refractivity contribution in [1.29, 1.82) is 0 Å². The van der Waals surface area contributed by atoms with E-state index in [1.165, 1.54) is 5.56 Å². The second-order valence-electron chi connectivity index (χ2n) is 4.69. The van der Waals surface area contributed by atoms with Gasteiger partial charge in [-0.1, -0.05) is 36.9 Å². The molecule has 0 radical (unpaired) electrons. The molecule has 0 saturated carbocycles. The van der Waals surface area contributed by atoms with E-state index in [1.54, 1.807) is 14.0 Å². The van der Waals surface area contributed by atoms with Crippen molar-refractivity contribution in [1.82, 2.24) is 0 Å². The van der Waals surface area contributed by atoms with Gasteiger partial charge in [0.2, 0.25) is 0 Å². The fourth-order valence-electron chi connectivity index (χ4n) is 1.84. The maximum Gasteiger partial charge on any atom is 0.333 e. The van der Waals surface area contributed by atoms with Gasteiger partial charge in [-0.05, 0) is 32.3 Å². The SMILES string of the molecule is C=C(C)C(=O)OC(C)C(CCc1ccccc1)OC. The fourth-order valence-corrected chi connectivity index (χ4v) is 1.84. The number of ether oxygens (including phenoxy) is 2. The first kappa shape index (κ1) is 15.4. The maximum atomic E-state index is 11.5. The third-order valence-electron chi connectivity index (χ3n) is 3.03. The Balaban J connectivity index is 2.48. The van der Waals surface area contributed by atoms with Gasteiger partial charge in [0, 0.05) is 12.7 Å². The van der Waals surface area contributed by atoms with Crippen LogP contribution in [0.5, 0.6) is 0 Å². The van der Waals surface area contributed by atoms with E-state index >= 15 is 0 Å². The molecular weight excluding hydrogens is 240 g/mol. The van der Waals surface area contributed by atoms with Gasteiger partial charge in [0.15, 0.2) is 0 Å². The summed E-state index contributed by atoms with van der Waals surface area (Å²) in [5.74, 6) is -0.366. The summed E-state index contributed by atoms with van der Waals surface area (Å²) < 4.78 is 10.7. The zero-order valence-electron chi connectivity index (χ0n) is 11.9. The van der Waals surface area contributed by atoms with Crippen molar-refractivity contribution in [2.75, 3.05) is 7.11 Å². The Kier molecular flexibility index (Phi) is 6.30. The average Bonchev–Trinajstić information content (AvgIpc) is 2.40. The molecule has 2 unspecified atom stereocenters. The Morgan fingerprint density at radius 1 is 1.32 bits per heavy atom. The summed E-state index contributed by atoms with van der Waals surface area (Å²) in [6, 6.07) is 10.2. The minimum Gasteiger partial charge on any atom is -0.457 e. The molecule has 0 spiro atoms. The van der Waals surface area contributed by atoms with Crippen LogP contribution >= 0.6 is 0 Å². The Morgan fingerprint density at radius 2 is 1.95 bits per heavy atom. The Labute approximate surface area is 115 Å². The molecule has 0 heterocycles. The second-order valence-corrected chi connectivity index (χ2v) is 4.69. The van der Waals surface area contributed by atoms with Crippen molar-refractivity contribution >= 4 is 5.97 Å². The minimum absolute atomic E-state index is 0.108. The summed E-state index contributed by atoms with van der Waals surface area (Å²) in [5.41, 5.74) is 1.66. The summed E-state index contributed by atoms with van der Waals surface area (Å²) in [5, 5.41) is 0. The zero-order chi connectivity index (χ0) is 14.3. The first-order valence-corrected chi connectivity index (χ1v) is 6.47. The van der Waals surface area contributed by atoms with Crippen LogP contribution in [-0.2, 0) is 20.7 Å². The van der Waals surface area contributed by atoms with E-state index in [9.17, 15) is 4.79 Å². The largest absolute Gasteiger partial charge is 0.457 e. The van der Waals surface area contributed by atoms with Crippen molar-refractivity contribution in [3.63, 3.8) is 0 Å². The molecule has 3 heteroatoms. The molecule has 0 N–H and O–H groups in total. The van der Waals surface area contributed by atoms with Crippen LogP contribution in [-0.4, -0.2) is 25.3 Å². The van der Waals surface area contributed by atoms with Crippen molar-refractivity contribution in [2.24, 2.45) is 0 Å². The maximum absolute atomic E-state index is 11.5. The first-order valence-electron chi connectivity index (χ1n) is 6.47. The number of methoxy groups -OCH3 is 1. The summed E-state index contributed by atoms with van der Waals surface area (Å²) in [4.78, 5) is 11.5. The van der Waals surface area contributed by atoms with Gasteiger partial charge >= 0.3 is 5.97 Å². The highest BCUT2D eigenvalue weighted by Crippen LogP contribution is 2.13. The number of hydrogen-bond donors (Lipinski definition) is 0. The van der Waals surface area contributed by atoms with Crippen molar-refractivity contribution in [3.05, 3.63) is 48.0 Å². The van der Waals surface area contributed by atoms with E-state index in [0.29, 0.717) is 5.57 Å². The smallest absolute Gasteiger partial charge is 0.333 e. The molecule has 1 aromatic rings. The van der Waals surface area contributed by atoms with Gasteiger partial charge in [-0.15, -0.1) is 0 Å². The van der Waals surface area contributed by atoms with E-state index in [0.717, 1.165) is 12.8 Å². The molecule has 3 nitrogen and oxygen atoms in total. The van der Waals surface area contributed by atoms with Gasteiger partial charge in [0.05, 0.1) is 6.10 Å². The molecule has 104 valence electrons. The molecule has 0 aromatic heterocycles. The highest BCUT2D eigenvalue weighted by molar-refractivity contribution is 5.87. The zero-order valence-corrected chi connectivity index (χ0v) is 11.9. The molecule has 2 atom stereocenters. The molecule has 1 aromatic carbocycles. The van der Waals surface area contributed by atoms with Gasteiger partial charge in [0.25, 0.3) is 0 Å². The van der Waals surface area contributed by atoms with Crippen LogP contribution in [0.25, 0.3) is 0 Å². The predicted octanol–water partition coefficient (Wildman–Crippen LogP) is 3.14. The number of benzene rings is 1. The van der Waals surface area contributed by atoms with Gasteiger partial charge in [0.1, 0.15) is 6.10 Å². The molecule has 0 saturated heterocycles. The van der Waals surface area contributed by atoms with Gasteiger partial charge < -0.3 is 9.47 Å². The summed E-state index contributed by atoms with van der Waals surface area (Å²) >= 11 is 0. The summed E-state index contributed by atoms with van der Waals surface area (Å²) in [6.07, 6.45) is 1.32. The summed E-state index contributed by atoms with van der Waals surface area (Å²) in [7, 11) is 1.64. The lowest BCUT2D eigenvalue weighted by Gasteiger charge is -2.23. The van der Waals surface area contributed by atoms with Crippen LogP contribution < -0.4 is 0 Å². The number of rotatable bonds is 7. The number of esters is 1. The van der Waals surface area contributed by atoms with E-state index in [2.05, 4.69) is 18.7 Å². The van der Waals surface area contributed by atoms with E-state index in [-0.39, 0.29) is 18.2 Å². The summed E-state index contributed by atoms with van der Waals surface area (Å²) in [6.45, 7) is 7.06. The highest BCUT2D eigenvalue weighted by atomic mass is 16.6. The lowest BCUT2D eigenvalue weighted by Crippen LogP contribution is -2.31. The van der Waals surface area contributed by atoms with Crippen LogP contribution in [0.1, 0.15) is 25.8 Å². The van der Waals surface area contributed by atoms with Crippen molar-refractivity contribution < 1.29 is 14.3 Å². The van der Waals surface area contributed by atoms with Crippen LogP contribution in [0.2, 0.25) is 0 Å². The fraction of sp³-hybridized carbons (Fsp3) is 0.438. The normalized spacial score (nSPS) is 13.6. The van der Waals surface area contributed by atoms with Gasteiger partial charge in [-0.3, -0.25) is 0 Å². The van der Waals surface area contributed by atoms with E-state index in [4.69, 9.17) is 9.47 Å². The third kappa shape index (κ3) is 5.26. The van der Waals surface area contributed by atoms with Crippen molar-refractivity contribution in [2.45, 2.75) is 38.9 Å². The molecule has 0 aliphatic carbocycles. The molecule has 0 aliphatic rings. The predicted molar refractivity (Wildman–Crippen MR) is 75.9 cm³/mol. The third-order valence-corrected chi connectivity index (χ3v) is 3.03. The molecule has 19 heavy (non-hydrogen) atoms. The second kappa shape index (κ2) is 7.74. The standard InChI is InChI=1S/C16H22O3/c1-12(2)16(17)19-13(3)15(18-4)11-10-14-8-6-5-7-9-14/h5-9,13,15H,1,10-11H2,2-4H3. The number of carbonyl (C=O) groups excluding carboxylic acids is 1. The number of hydrogen-bond acceptors (Lipinski definition) is 3. The monoisotopic (exact) mass is 262 g/mol. The molecule has 0 amide bonds. The van der Waals surface area contributed by atoms with Gasteiger partial charge in [-0.2, -0.15) is 0 Å². The Bertz CT molecular complexity index is 411. The quantitative estimate of drug-likeness (QED) is 0.559.